The van der Waals surface area contributed by atoms with Crippen molar-refractivity contribution >= 4 is 11.6 Å². The van der Waals surface area contributed by atoms with Crippen LogP contribution in [0, 0.1) is 5.41 Å². The van der Waals surface area contributed by atoms with Crippen LogP contribution in [0.2, 0.25) is 5.02 Å². The van der Waals surface area contributed by atoms with Crippen molar-refractivity contribution in [3.05, 3.63) is 16.9 Å². The van der Waals surface area contributed by atoms with E-state index in [1.807, 2.05) is 18.8 Å². The summed E-state index contributed by atoms with van der Waals surface area (Å²) in [6.07, 6.45) is 8.19. The second-order valence-electron chi connectivity index (χ2n) is 5.15. The first-order chi connectivity index (χ1) is 8.14. The minimum atomic E-state index is 0.315. The summed E-state index contributed by atoms with van der Waals surface area (Å²) in [5.41, 5.74) is 1.49. The van der Waals surface area contributed by atoms with Crippen LogP contribution in [0.5, 0.6) is 0 Å². The predicted molar refractivity (Wildman–Crippen MR) is 71.2 cm³/mol. The standard InChI is InChI=1S/C13H22ClN3/c1-4-13(7-5-6-8-13)12(15-2)11-10(14)9-16-17(11)3/h9,12,15H,4-8H2,1-3H3. The molecule has 1 atom stereocenters. The molecular weight excluding hydrogens is 234 g/mol. The van der Waals surface area contributed by atoms with Gasteiger partial charge in [0.2, 0.25) is 0 Å². The number of halogens is 1. The Morgan fingerprint density at radius 1 is 1.53 bits per heavy atom. The quantitative estimate of drug-likeness (QED) is 0.895. The molecule has 0 saturated heterocycles. The molecule has 1 aliphatic carbocycles. The molecule has 1 heterocycles. The molecule has 0 bridgehead atoms. The fourth-order valence-corrected chi connectivity index (χ4v) is 3.68. The maximum atomic E-state index is 6.29. The SMILES string of the molecule is CCC1(C(NC)c2c(Cl)cnn2C)CCCC1. The van der Waals surface area contributed by atoms with E-state index < -0.39 is 0 Å². The van der Waals surface area contributed by atoms with Crippen LogP contribution in [0.25, 0.3) is 0 Å². The van der Waals surface area contributed by atoms with Gasteiger partial charge in [-0.1, -0.05) is 31.4 Å². The van der Waals surface area contributed by atoms with Crippen molar-refractivity contribution in [3.8, 4) is 0 Å². The summed E-state index contributed by atoms with van der Waals surface area (Å²) < 4.78 is 1.92. The molecule has 1 fully saturated rings. The van der Waals surface area contributed by atoms with Crippen LogP contribution in [-0.2, 0) is 7.05 Å². The van der Waals surface area contributed by atoms with Crippen molar-refractivity contribution in [1.82, 2.24) is 15.1 Å². The monoisotopic (exact) mass is 255 g/mol. The molecule has 3 nitrogen and oxygen atoms in total. The summed E-state index contributed by atoms with van der Waals surface area (Å²) in [7, 11) is 4.01. The van der Waals surface area contributed by atoms with Crippen molar-refractivity contribution in [3.63, 3.8) is 0 Å². The van der Waals surface area contributed by atoms with E-state index in [9.17, 15) is 0 Å². The van der Waals surface area contributed by atoms with Crippen molar-refractivity contribution in [2.75, 3.05) is 7.05 Å². The normalized spacial score (nSPS) is 20.7. The molecule has 1 aromatic heterocycles. The Morgan fingerprint density at radius 2 is 2.18 bits per heavy atom. The highest BCUT2D eigenvalue weighted by Crippen LogP contribution is 2.50. The number of hydrogen-bond donors (Lipinski definition) is 1. The zero-order chi connectivity index (χ0) is 12.5. The Bertz CT molecular complexity index is 361. The van der Waals surface area contributed by atoms with Gasteiger partial charge in [-0.25, -0.2) is 0 Å². The van der Waals surface area contributed by atoms with Gasteiger partial charge in [0.05, 0.1) is 23.0 Å². The van der Waals surface area contributed by atoms with Gasteiger partial charge in [0.25, 0.3) is 0 Å². The minimum absolute atomic E-state index is 0.315. The third kappa shape index (κ3) is 2.11. The molecule has 96 valence electrons. The molecule has 2 rings (SSSR count). The van der Waals surface area contributed by atoms with E-state index in [0.717, 1.165) is 10.7 Å². The number of hydrogen-bond acceptors (Lipinski definition) is 2. The fraction of sp³-hybridized carbons (Fsp3) is 0.769. The van der Waals surface area contributed by atoms with Gasteiger partial charge in [0, 0.05) is 7.05 Å². The zero-order valence-corrected chi connectivity index (χ0v) is 11.7. The van der Waals surface area contributed by atoms with E-state index in [-0.39, 0.29) is 0 Å². The smallest absolute Gasteiger partial charge is 0.0834 e. The van der Waals surface area contributed by atoms with Gasteiger partial charge in [-0.2, -0.15) is 5.10 Å². The zero-order valence-electron chi connectivity index (χ0n) is 11.0. The lowest BCUT2D eigenvalue weighted by Gasteiger charge is -2.37. The highest BCUT2D eigenvalue weighted by molar-refractivity contribution is 6.31. The summed E-state index contributed by atoms with van der Waals surface area (Å²) in [5, 5.41) is 8.52. The molecule has 1 saturated carbocycles. The van der Waals surface area contributed by atoms with Gasteiger partial charge in [-0.3, -0.25) is 4.68 Å². The molecule has 17 heavy (non-hydrogen) atoms. The molecule has 0 radical (unpaired) electrons. The lowest BCUT2D eigenvalue weighted by atomic mass is 9.75. The van der Waals surface area contributed by atoms with Gasteiger partial charge in [0.15, 0.2) is 0 Å². The summed E-state index contributed by atoms with van der Waals surface area (Å²) in [6, 6.07) is 0.315. The Kier molecular flexibility index (Phi) is 3.79. The number of aryl methyl sites for hydroxylation is 1. The Morgan fingerprint density at radius 3 is 2.59 bits per heavy atom. The van der Waals surface area contributed by atoms with Crippen LogP contribution >= 0.6 is 11.6 Å². The predicted octanol–water partition coefficient (Wildman–Crippen LogP) is 3.30. The van der Waals surface area contributed by atoms with Gasteiger partial charge in [-0.15, -0.1) is 0 Å². The summed E-state index contributed by atoms with van der Waals surface area (Å²) >= 11 is 6.29. The Balaban J connectivity index is 2.39. The number of rotatable bonds is 4. The first-order valence-corrected chi connectivity index (χ1v) is 6.87. The van der Waals surface area contributed by atoms with Crippen LogP contribution < -0.4 is 5.32 Å². The van der Waals surface area contributed by atoms with E-state index in [0.29, 0.717) is 11.5 Å². The van der Waals surface area contributed by atoms with Crippen LogP contribution in [0.3, 0.4) is 0 Å². The van der Waals surface area contributed by atoms with Crippen molar-refractivity contribution in [2.24, 2.45) is 12.5 Å². The molecule has 0 amide bonds. The first kappa shape index (κ1) is 12.9. The molecule has 4 heteroatoms. The van der Waals surface area contributed by atoms with Crippen molar-refractivity contribution in [2.45, 2.75) is 45.1 Å². The largest absolute Gasteiger partial charge is 0.311 e. The minimum Gasteiger partial charge on any atom is -0.311 e. The number of aromatic nitrogens is 2. The second kappa shape index (κ2) is 4.99. The lowest BCUT2D eigenvalue weighted by Crippen LogP contribution is -2.35. The van der Waals surface area contributed by atoms with E-state index >= 15 is 0 Å². The van der Waals surface area contributed by atoms with E-state index in [2.05, 4.69) is 17.3 Å². The highest BCUT2D eigenvalue weighted by atomic mass is 35.5. The van der Waals surface area contributed by atoms with Crippen LogP contribution in [0.1, 0.15) is 50.8 Å². The molecule has 1 N–H and O–H groups in total. The molecule has 0 aliphatic heterocycles. The fourth-order valence-electron chi connectivity index (χ4n) is 3.40. The molecular formula is C13H22ClN3. The van der Waals surface area contributed by atoms with Gasteiger partial charge in [-0.05, 0) is 31.7 Å². The lowest BCUT2D eigenvalue weighted by molar-refractivity contribution is 0.188. The van der Waals surface area contributed by atoms with Crippen molar-refractivity contribution in [1.29, 1.82) is 0 Å². The summed E-state index contributed by atoms with van der Waals surface area (Å²) in [5.74, 6) is 0. The number of nitrogens with one attached hydrogen (secondary N) is 1. The second-order valence-corrected chi connectivity index (χ2v) is 5.55. The van der Waals surface area contributed by atoms with E-state index in [4.69, 9.17) is 11.6 Å². The maximum absolute atomic E-state index is 6.29. The van der Waals surface area contributed by atoms with Gasteiger partial charge < -0.3 is 5.32 Å². The Labute approximate surface area is 109 Å². The van der Waals surface area contributed by atoms with Gasteiger partial charge >= 0.3 is 0 Å². The number of nitrogens with zero attached hydrogens (tertiary/aromatic N) is 2. The molecule has 1 unspecified atom stereocenters. The van der Waals surface area contributed by atoms with Crippen molar-refractivity contribution < 1.29 is 0 Å². The van der Waals surface area contributed by atoms with E-state index in [1.165, 1.54) is 32.1 Å². The topological polar surface area (TPSA) is 29.9 Å². The average molecular weight is 256 g/mol. The molecule has 0 spiro atoms. The first-order valence-electron chi connectivity index (χ1n) is 6.49. The van der Waals surface area contributed by atoms with Crippen LogP contribution in [0.4, 0.5) is 0 Å². The van der Waals surface area contributed by atoms with Crippen LogP contribution in [-0.4, -0.2) is 16.8 Å². The summed E-state index contributed by atoms with van der Waals surface area (Å²) in [6.45, 7) is 2.29. The van der Waals surface area contributed by atoms with Crippen LogP contribution in [0.15, 0.2) is 6.20 Å². The summed E-state index contributed by atoms with van der Waals surface area (Å²) in [4.78, 5) is 0. The maximum Gasteiger partial charge on any atom is 0.0834 e. The van der Waals surface area contributed by atoms with E-state index in [1.54, 1.807) is 6.20 Å². The van der Waals surface area contributed by atoms with Gasteiger partial charge in [0.1, 0.15) is 0 Å². The Hall–Kier alpha value is -0.540. The average Bonchev–Trinajstić information content (AvgIpc) is 2.92. The molecule has 1 aromatic rings. The highest BCUT2D eigenvalue weighted by Gasteiger charge is 2.41. The third-order valence-corrected chi connectivity index (χ3v) is 4.71. The third-order valence-electron chi connectivity index (χ3n) is 4.42. The molecule has 1 aliphatic rings. The molecule has 0 aromatic carbocycles.